The van der Waals surface area contributed by atoms with Crippen LogP contribution in [0.3, 0.4) is 0 Å². The van der Waals surface area contributed by atoms with E-state index in [1.54, 1.807) is 18.2 Å². The largest absolute Gasteiger partial charge is 0.437 e. The van der Waals surface area contributed by atoms with Gasteiger partial charge < -0.3 is 15.7 Å². The number of hydrogen-bond acceptors (Lipinski definition) is 4. The van der Waals surface area contributed by atoms with Crippen LogP contribution < -0.4 is 10.6 Å². The van der Waals surface area contributed by atoms with Gasteiger partial charge in [0.2, 0.25) is 5.72 Å². The maximum Gasteiger partial charge on any atom is 0.437 e. The number of halogens is 3. The van der Waals surface area contributed by atoms with E-state index in [0.29, 0.717) is 0 Å². The number of carbonyl (C=O) groups is 2. The van der Waals surface area contributed by atoms with Crippen LogP contribution in [0.15, 0.2) is 54.9 Å². The molecule has 0 bridgehead atoms. The molecular weight excluding hydrogens is 351 g/mol. The number of carbonyl (C=O) groups excluding carboxylic acids is 2. The second-order valence-electron chi connectivity index (χ2n) is 5.83. The summed E-state index contributed by atoms with van der Waals surface area (Å²) in [6.07, 6.45) is -2.81. The maximum atomic E-state index is 13.7. The highest BCUT2D eigenvalue weighted by molar-refractivity contribution is 6.00. The molecule has 1 aliphatic rings. The van der Waals surface area contributed by atoms with Crippen molar-refractivity contribution in [3.05, 3.63) is 66.0 Å². The molecule has 0 saturated carbocycles. The molecule has 1 aromatic heterocycles. The van der Waals surface area contributed by atoms with Gasteiger partial charge in [-0.05, 0) is 17.7 Å². The Labute approximate surface area is 146 Å². The third kappa shape index (κ3) is 3.01. The van der Waals surface area contributed by atoms with Gasteiger partial charge in [-0.15, -0.1) is 0 Å². The second-order valence-corrected chi connectivity index (χ2v) is 5.83. The topological polar surface area (TPSA) is 91.3 Å². The Morgan fingerprint density at radius 1 is 1.15 bits per heavy atom. The number of hydrogen-bond donors (Lipinski definition) is 3. The summed E-state index contributed by atoms with van der Waals surface area (Å²) in [7, 11) is 0. The molecule has 1 fully saturated rings. The summed E-state index contributed by atoms with van der Waals surface area (Å²) in [6, 6.07) is 7.77. The number of pyridine rings is 1. The van der Waals surface area contributed by atoms with Crippen LogP contribution in [-0.4, -0.2) is 33.8 Å². The summed E-state index contributed by atoms with van der Waals surface area (Å²) in [5.74, 6) is -3.05. The Balaban J connectivity index is 2.15. The van der Waals surface area contributed by atoms with E-state index in [2.05, 4.69) is 10.3 Å². The molecule has 0 unspecified atom stereocenters. The van der Waals surface area contributed by atoms with E-state index < -0.39 is 35.7 Å². The molecule has 1 saturated heterocycles. The van der Waals surface area contributed by atoms with Crippen LogP contribution in [0, 0.1) is 5.92 Å². The Morgan fingerprint density at radius 3 is 2.42 bits per heavy atom. The van der Waals surface area contributed by atoms with Gasteiger partial charge in [-0.2, -0.15) is 13.2 Å². The van der Waals surface area contributed by atoms with Crippen molar-refractivity contribution in [2.24, 2.45) is 5.92 Å². The van der Waals surface area contributed by atoms with Crippen molar-refractivity contribution in [3.63, 3.8) is 0 Å². The average molecular weight is 365 g/mol. The number of alkyl halides is 3. The minimum absolute atomic E-state index is 0.112. The molecule has 9 heteroatoms. The van der Waals surface area contributed by atoms with E-state index in [-0.39, 0.29) is 11.1 Å². The average Bonchev–Trinajstić information content (AvgIpc) is 2.61. The van der Waals surface area contributed by atoms with E-state index in [0.717, 1.165) is 6.20 Å². The lowest BCUT2D eigenvalue weighted by Gasteiger charge is -2.45. The van der Waals surface area contributed by atoms with Crippen molar-refractivity contribution in [2.75, 3.05) is 0 Å². The third-order valence-corrected chi connectivity index (χ3v) is 4.19. The summed E-state index contributed by atoms with van der Waals surface area (Å²) in [5.41, 5.74) is -3.59. The monoisotopic (exact) mass is 365 g/mol. The number of aliphatic hydroxyl groups is 1. The number of amides is 2. The van der Waals surface area contributed by atoms with Crippen molar-refractivity contribution in [1.82, 2.24) is 15.6 Å². The van der Waals surface area contributed by atoms with Gasteiger partial charge in [0.05, 0.1) is 6.04 Å². The molecule has 2 heterocycles. The highest BCUT2D eigenvalue weighted by Gasteiger charge is 2.66. The Bertz CT molecular complexity index is 814. The second kappa shape index (κ2) is 6.41. The lowest BCUT2D eigenvalue weighted by Crippen LogP contribution is -2.72. The predicted molar refractivity (Wildman–Crippen MR) is 83.9 cm³/mol. The van der Waals surface area contributed by atoms with Crippen LogP contribution in [0.2, 0.25) is 0 Å². The maximum absolute atomic E-state index is 13.7. The molecule has 2 amide bonds. The smallest absolute Gasteiger partial charge is 0.363 e. The minimum atomic E-state index is -5.28. The Morgan fingerprint density at radius 2 is 1.85 bits per heavy atom. The number of ketones is 1. The fourth-order valence-corrected chi connectivity index (χ4v) is 2.97. The zero-order valence-electron chi connectivity index (χ0n) is 13.2. The van der Waals surface area contributed by atoms with Crippen molar-refractivity contribution in [1.29, 1.82) is 0 Å². The highest BCUT2D eigenvalue weighted by atomic mass is 19.4. The van der Waals surface area contributed by atoms with Gasteiger partial charge in [0.1, 0.15) is 5.92 Å². The molecule has 3 N–H and O–H groups in total. The highest BCUT2D eigenvalue weighted by Crippen LogP contribution is 2.43. The van der Waals surface area contributed by atoms with E-state index in [9.17, 15) is 27.9 Å². The summed E-state index contributed by atoms with van der Waals surface area (Å²) in [6.45, 7) is 0. The van der Waals surface area contributed by atoms with Crippen LogP contribution in [-0.2, 0) is 0 Å². The van der Waals surface area contributed by atoms with E-state index >= 15 is 0 Å². The van der Waals surface area contributed by atoms with Crippen LogP contribution >= 0.6 is 0 Å². The Hall–Kier alpha value is -2.94. The Kier molecular flexibility index (Phi) is 4.41. The number of aromatic nitrogens is 1. The van der Waals surface area contributed by atoms with E-state index in [1.807, 2.05) is 0 Å². The number of rotatable bonds is 3. The SMILES string of the molecule is O=C1N[C@H](c2ccccc2)[C@H](C(=O)c2cccnc2)[C@@](O)(C(F)(F)F)N1. The lowest BCUT2D eigenvalue weighted by molar-refractivity contribution is -0.287. The van der Waals surface area contributed by atoms with Crippen LogP contribution in [0.1, 0.15) is 22.0 Å². The number of nitrogens with one attached hydrogen (secondary N) is 2. The predicted octanol–water partition coefficient (Wildman–Crippen LogP) is 2.19. The van der Waals surface area contributed by atoms with Gasteiger partial charge >= 0.3 is 12.2 Å². The number of urea groups is 1. The van der Waals surface area contributed by atoms with Crippen molar-refractivity contribution < 1.29 is 27.9 Å². The molecule has 3 atom stereocenters. The van der Waals surface area contributed by atoms with Gasteiger partial charge in [0, 0.05) is 18.0 Å². The summed E-state index contributed by atoms with van der Waals surface area (Å²) in [4.78, 5) is 28.4. The zero-order valence-corrected chi connectivity index (χ0v) is 13.2. The van der Waals surface area contributed by atoms with E-state index in [1.165, 1.54) is 35.8 Å². The molecule has 2 aromatic rings. The molecule has 0 radical (unpaired) electrons. The summed E-state index contributed by atoms with van der Waals surface area (Å²) < 4.78 is 41.0. The van der Waals surface area contributed by atoms with Crippen molar-refractivity contribution >= 4 is 11.8 Å². The number of Topliss-reactive ketones (excluding diaryl/α,β-unsaturated/α-hetero) is 1. The first-order valence-corrected chi connectivity index (χ1v) is 7.61. The van der Waals surface area contributed by atoms with Gasteiger partial charge in [0.25, 0.3) is 0 Å². The minimum Gasteiger partial charge on any atom is -0.363 e. The first-order valence-electron chi connectivity index (χ1n) is 7.61. The molecule has 6 nitrogen and oxygen atoms in total. The van der Waals surface area contributed by atoms with Gasteiger partial charge in [-0.1, -0.05) is 30.3 Å². The van der Waals surface area contributed by atoms with Crippen molar-refractivity contribution in [2.45, 2.75) is 17.9 Å². The summed E-state index contributed by atoms with van der Waals surface area (Å²) in [5, 5.41) is 14.1. The molecule has 0 spiro atoms. The zero-order chi connectivity index (χ0) is 18.9. The normalized spacial score (nSPS) is 25.9. The molecule has 136 valence electrons. The first kappa shape index (κ1) is 17.9. The molecular formula is C17H14F3N3O3. The standard InChI is InChI=1S/C17H14F3N3O3/c18-17(19,20)16(26)12(14(24)11-7-4-8-21-9-11)13(22-15(25)23-16)10-5-2-1-3-6-10/h1-9,12-13,26H,(H2,22,23,25)/t12-,13-,16-/m1/s1. The van der Waals surface area contributed by atoms with Gasteiger partial charge in [0.15, 0.2) is 5.78 Å². The first-order chi connectivity index (χ1) is 12.2. The number of benzene rings is 1. The quantitative estimate of drug-likeness (QED) is 0.727. The van der Waals surface area contributed by atoms with Gasteiger partial charge in [-0.3, -0.25) is 9.78 Å². The van der Waals surface area contributed by atoms with Crippen LogP contribution in [0.25, 0.3) is 0 Å². The lowest BCUT2D eigenvalue weighted by atomic mass is 9.77. The van der Waals surface area contributed by atoms with E-state index in [4.69, 9.17) is 0 Å². The molecule has 1 aromatic carbocycles. The molecule has 1 aliphatic heterocycles. The van der Waals surface area contributed by atoms with Crippen molar-refractivity contribution in [3.8, 4) is 0 Å². The molecule has 26 heavy (non-hydrogen) atoms. The van der Waals surface area contributed by atoms with Gasteiger partial charge in [-0.25, -0.2) is 4.79 Å². The molecule has 3 rings (SSSR count). The molecule has 0 aliphatic carbocycles. The third-order valence-electron chi connectivity index (χ3n) is 4.19. The fraction of sp³-hybridized carbons (Fsp3) is 0.235. The number of nitrogens with zero attached hydrogens (tertiary/aromatic N) is 1. The summed E-state index contributed by atoms with van der Waals surface area (Å²) >= 11 is 0. The van der Waals surface area contributed by atoms with Crippen LogP contribution in [0.4, 0.5) is 18.0 Å². The fourth-order valence-electron chi connectivity index (χ4n) is 2.97. The van der Waals surface area contributed by atoms with Crippen LogP contribution in [0.5, 0.6) is 0 Å².